The Morgan fingerprint density at radius 1 is 1.13 bits per heavy atom. The molecule has 120 valence electrons. The first kappa shape index (κ1) is 17.0. The Balaban J connectivity index is 2.00. The van der Waals surface area contributed by atoms with Crippen molar-refractivity contribution in [1.82, 2.24) is 0 Å². The molecule has 0 aliphatic carbocycles. The Morgan fingerprint density at radius 2 is 1.78 bits per heavy atom. The van der Waals surface area contributed by atoms with Crippen molar-refractivity contribution in [1.29, 1.82) is 0 Å². The molecule has 0 radical (unpaired) electrons. The lowest BCUT2D eigenvalue weighted by Crippen LogP contribution is -2.26. The van der Waals surface area contributed by atoms with Gasteiger partial charge in [-0.2, -0.15) is 0 Å². The second kappa shape index (κ2) is 7.74. The van der Waals surface area contributed by atoms with Crippen LogP contribution in [0.15, 0.2) is 48.5 Å². The molecule has 2 N–H and O–H groups in total. The van der Waals surface area contributed by atoms with E-state index in [-0.39, 0.29) is 6.42 Å². The van der Waals surface area contributed by atoms with E-state index >= 15 is 0 Å². The van der Waals surface area contributed by atoms with Crippen molar-refractivity contribution >= 4 is 23.5 Å². The Labute approximate surface area is 138 Å². The predicted octanol–water partition coefficient (Wildman–Crippen LogP) is 3.18. The van der Waals surface area contributed by atoms with Crippen LogP contribution in [-0.4, -0.2) is 11.9 Å². The molecule has 0 aliphatic heterocycles. The summed E-state index contributed by atoms with van der Waals surface area (Å²) < 4.78 is 18.0. The highest BCUT2D eigenvalue weighted by atomic mass is 35.5. The molecule has 0 heterocycles. The smallest absolute Gasteiger partial charge is 0.307 e. The fourth-order valence-electron chi connectivity index (χ4n) is 2.06. The number of hydrogen-bond acceptors (Lipinski definition) is 3. The molecule has 23 heavy (non-hydrogen) atoms. The summed E-state index contributed by atoms with van der Waals surface area (Å²) in [7, 11) is 0. The Bertz CT molecular complexity index is 703. The number of benzene rings is 2. The molecule has 0 aromatic heterocycles. The van der Waals surface area contributed by atoms with Crippen LogP contribution in [0.4, 0.5) is 4.39 Å². The minimum absolute atomic E-state index is 0.0503. The van der Waals surface area contributed by atoms with Crippen molar-refractivity contribution in [3.63, 3.8) is 0 Å². The summed E-state index contributed by atoms with van der Waals surface area (Å²) in [5.74, 6) is -1.86. The molecular formula is C17H15ClFNO3. The van der Waals surface area contributed by atoms with E-state index in [1.54, 1.807) is 18.2 Å². The minimum atomic E-state index is -1.24. The number of halogens is 2. The second-order valence-electron chi connectivity index (χ2n) is 4.92. The van der Waals surface area contributed by atoms with Crippen molar-refractivity contribution in [2.45, 2.75) is 18.9 Å². The van der Waals surface area contributed by atoms with Crippen molar-refractivity contribution < 1.29 is 18.7 Å². The predicted molar refractivity (Wildman–Crippen MR) is 84.2 cm³/mol. The van der Waals surface area contributed by atoms with Gasteiger partial charge in [0.05, 0.1) is 0 Å². The molecule has 0 saturated carbocycles. The molecule has 4 nitrogen and oxygen atoms in total. The summed E-state index contributed by atoms with van der Waals surface area (Å²) in [6, 6.07) is 12.2. The molecule has 1 amide bonds. The van der Waals surface area contributed by atoms with E-state index < -0.39 is 23.8 Å². The van der Waals surface area contributed by atoms with E-state index in [1.165, 1.54) is 24.3 Å². The van der Waals surface area contributed by atoms with Crippen molar-refractivity contribution in [3.05, 3.63) is 70.5 Å². The number of rotatable bonds is 6. The monoisotopic (exact) mass is 335 g/mol. The molecule has 0 fully saturated rings. The average molecular weight is 336 g/mol. The first-order valence-corrected chi connectivity index (χ1v) is 7.33. The SMILES string of the molecule is NC(=O)C(OC(=O)CCc1ccccc1Cl)c1ccc(F)cc1. The largest absolute Gasteiger partial charge is 0.447 e. The Morgan fingerprint density at radius 3 is 2.39 bits per heavy atom. The average Bonchev–Trinajstić information content (AvgIpc) is 2.52. The van der Waals surface area contributed by atoms with Crippen LogP contribution in [0.3, 0.4) is 0 Å². The van der Waals surface area contributed by atoms with Crippen LogP contribution >= 0.6 is 11.6 Å². The van der Waals surface area contributed by atoms with Crippen LogP contribution in [-0.2, 0) is 20.7 Å². The van der Waals surface area contributed by atoms with Gasteiger partial charge < -0.3 is 10.5 Å². The fraction of sp³-hybridized carbons (Fsp3) is 0.176. The molecule has 2 aromatic rings. The van der Waals surface area contributed by atoms with Crippen molar-refractivity contribution in [3.8, 4) is 0 Å². The summed E-state index contributed by atoms with van der Waals surface area (Å²) in [6.45, 7) is 0. The van der Waals surface area contributed by atoms with E-state index in [0.717, 1.165) is 5.56 Å². The number of primary amides is 1. The minimum Gasteiger partial charge on any atom is -0.447 e. The molecular weight excluding hydrogens is 321 g/mol. The third kappa shape index (κ3) is 4.79. The van der Waals surface area contributed by atoms with Crippen LogP contribution < -0.4 is 5.73 Å². The zero-order valence-corrected chi connectivity index (χ0v) is 12.9. The van der Waals surface area contributed by atoms with Crippen LogP contribution in [0.2, 0.25) is 5.02 Å². The second-order valence-corrected chi connectivity index (χ2v) is 5.32. The van der Waals surface area contributed by atoms with Crippen LogP contribution in [0.25, 0.3) is 0 Å². The lowest BCUT2D eigenvalue weighted by atomic mass is 10.1. The van der Waals surface area contributed by atoms with E-state index in [1.807, 2.05) is 6.07 Å². The van der Waals surface area contributed by atoms with Gasteiger partial charge in [-0.3, -0.25) is 9.59 Å². The highest BCUT2D eigenvalue weighted by molar-refractivity contribution is 6.31. The van der Waals surface area contributed by atoms with Gasteiger partial charge in [-0.1, -0.05) is 41.9 Å². The van der Waals surface area contributed by atoms with Gasteiger partial charge in [0.25, 0.3) is 5.91 Å². The highest BCUT2D eigenvalue weighted by Gasteiger charge is 2.22. The summed E-state index contributed by atoms with van der Waals surface area (Å²) in [6.07, 6.45) is -0.809. The van der Waals surface area contributed by atoms with Gasteiger partial charge in [-0.25, -0.2) is 4.39 Å². The molecule has 1 unspecified atom stereocenters. The van der Waals surface area contributed by atoms with Gasteiger partial charge in [-0.05, 0) is 30.2 Å². The number of carbonyl (C=O) groups is 2. The van der Waals surface area contributed by atoms with Crippen molar-refractivity contribution in [2.24, 2.45) is 5.73 Å². The molecule has 2 rings (SSSR count). The van der Waals surface area contributed by atoms with Crippen LogP contribution in [0.5, 0.6) is 0 Å². The molecule has 0 bridgehead atoms. The third-order valence-corrected chi connectivity index (χ3v) is 3.61. The van der Waals surface area contributed by atoms with Gasteiger partial charge in [0.2, 0.25) is 6.10 Å². The topological polar surface area (TPSA) is 69.4 Å². The van der Waals surface area contributed by atoms with E-state index in [4.69, 9.17) is 22.1 Å². The Kier molecular flexibility index (Phi) is 5.71. The van der Waals surface area contributed by atoms with Gasteiger partial charge in [0.15, 0.2) is 0 Å². The third-order valence-electron chi connectivity index (χ3n) is 3.24. The number of hydrogen-bond donors (Lipinski definition) is 1. The maximum absolute atomic E-state index is 12.9. The lowest BCUT2D eigenvalue weighted by Gasteiger charge is -2.15. The Hall–Kier alpha value is -2.40. The van der Waals surface area contributed by atoms with Crippen LogP contribution in [0.1, 0.15) is 23.7 Å². The number of carbonyl (C=O) groups excluding carboxylic acids is 2. The summed E-state index contributed by atoms with van der Waals surface area (Å²) in [4.78, 5) is 23.4. The van der Waals surface area contributed by atoms with E-state index in [9.17, 15) is 14.0 Å². The molecule has 1 atom stereocenters. The number of esters is 1. The fourth-order valence-corrected chi connectivity index (χ4v) is 2.29. The lowest BCUT2D eigenvalue weighted by molar-refractivity contribution is -0.155. The molecule has 0 saturated heterocycles. The zero-order valence-electron chi connectivity index (χ0n) is 12.2. The summed E-state index contributed by atoms with van der Waals surface area (Å²) >= 11 is 6.01. The number of nitrogens with two attached hydrogens (primary N) is 1. The van der Waals surface area contributed by atoms with Crippen LogP contribution in [0, 0.1) is 5.82 Å². The quantitative estimate of drug-likeness (QED) is 0.824. The first-order valence-electron chi connectivity index (χ1n) is 6.95. The highest BCUT2D eigenvalue weighted by Crippen LogP contribution is 2.20. The molecule has 6 heteroatoms. The standard InChI is InChI=1S/C17H15ClFNO3/c18-14-4-2-1-3-11(14)7-10-15(21)23-16(17(20)22)12-5-8-13(19)9-6-12/h1-6,8-9,16H,7,10H2,(H2,20,22). The summed E-state index contributed by atoms with van der Waals surface area (Å²) in [5.41, 5.74) is 6.39. The number of ether oxygens (including phenoxy) is 1. The van der Waals surface area contributed by atoms with Crippen molar-refractivity contribution in [2.75, 3.05) is 0 Å². The van der Waals surface area contributed by atoms with E-state index in [0.29, 0.717) is 17.0 Å². The molecule has 2 aromatic carbocycles. The normalized spacial score (nSPS) is 11.7. The first-order chi connectivity index (χ1) is 11.0. The van der Waals surface area contributed by atoms with E-state index in [2.05, 4.69) is 0 Å². The van der Waals surface area contributed by atoms with Gasteiger partial charge in [-0.15, -0.1) is 0 Å². The molecule has 0 spiro atoms. The number of amides is 1. The maximum atomic E-state index is 12.9. The molecule has 0 aliphatic rings. The van der Waals surface area contributed by atoms with Gasteiger partial charge >= 0.3 is 5.97 Å². The van der Waals surface area contributed by atoms with Gasteiger partial charge in [0, 0.05) is 17.0 Å². The van der Waals surface area contributed by atoms with Gasteiger partial charge in [0.1, 0.15) is 5.82 Å². The zero-order chi connectivity index (χ0) is 16.8. The summed E-state index contributed by atoms with van der Waals surface area (Å²) in [5, 5.41) is 0.560. The number of aryl methyl sites for hydroxylation is 1. The maximum Gasteiger partial charge on any atom is 0.307 e.